The fourth-order valence-corrected chi connectivity index (χ4v) is 3.22. The van der Waals surface area contributed by atoms with E-state index in [1.54, 1.807) is 37.3 Å². The molecule has 0 aliphatic carbocycles. The highest BCUT2D eigenvalue weighted by molar-refractivity contribution is 6.32. The van der Waals surface area contributed by atoms with Gasteiger partial charge in [0.25, 0.3) is 0 Å². The van der Waals surface area contributed by atoms with Crippen LogP contribution in [0.15, 0.2) is 59.8 Å². The van der Waals surface area contributed by atoms with Gasteiger partial charge in [0.15, 0.2) is 0 Å². The summed E-state index contributed by atoms with van der Waals surface area (Å²) < 4.78 is 25.4. The van der Waals surface area contributed by atoms with Gasteiger partial charge in [-0.15, -0.1) is 0 Å². The van der Waals surface area contributed by atoms with Crippen molar-refractivity contribution < 1.29 is 23.5 Å². The number of esters is 1. The van der Waals surface area contributed by atoms with Gasteiger partial charge in [-0.2, -0.15) is 0 Å². The highest BCUT2D eigenvalue weighted by Crippen LogP contribution is 2.33. The number of urea groups is 1. The smallest absolute Gasteiger partial charge is 0.338 e. The minimum atomic E-state index is -1.01. The highest BCUT2D eigenvalue weighted by Gasteiger charge is 2.38. The van der Waals surface area contributed by atoms with Crippen LogP contribution in [-0.2, 0) is 9.53 Å². The van der Waals surface area contributed by atoms with E-state index in [4.69, 9.17) is 21.1 Å². The van der Waals surface area contributed by atoms with E-state index < -0.39 is 23.9 Å². The van der Waals surface area contributed by atoms with Crippen molar-refractivity contribution in [2.24, 2.45) is 0 Å². The number of para-hydroxylation sites is 1. The number of ether oxygens (including phenoxy) is 2. The Labute approximate surface area is 172 Å². The third-order valence-corrected chi connectivity index (χ3v) is 4.80. The minimum Gasteiger partial charge on any atom is -0.486 e. The van der Waals surface area contributed by atoms with Gasteiger partial charge in [0.05, 0.1) is 28.9 Å². The summed E-state index contributed by atoms with van der Waals surface area (Å²) in [6.07, 6.45) is 0. The maximum absolute atomic E-state index is 14.5. The number of likely N-dealkylation sites (N-methyl/N-ethyl adjacent to an activating group) is 1. The molecule has 6 nitrogen and oxygen atoms in total. The maximum atomic E-state index is 14.5. The van der Waals surface area contributed by atoms with Crippen LogP contribution in [0.5, 0.6) is 5.75 Å². The predicted molar refractivity (Wildman–Crippen MR) is 106 cm³/mol. The molecule has 1 heterocycles. The Bertz CT molecular complexity index is 963. The number of rotatable bonds is 6. The summed E-state index contributed by atoms with van der Waals surface area (Å²) in [6.45, 7) is 1.66. The minimum absolute atomic E-state index is 0.103. The molecular weight excluding hydrogens is 399 g/mol. The van der Waals surface area contributed by atoms with E-state index in [0.29, 0.717) is 10.8 Å². The van der Waals surface area contributed by atoms with Crippen LogP contribution in [0.4, 0.5) is 9.18 Å². The predicted octanol–water partition coefficient (Wildman–Crippen LogP) is 4.07. The molecule has 0 saturated carbocycles. The zero-order valence-corrected chi connectivity index (χ0v) is 16.7. The van der Waals surface area contributed by atoms with E-state index in [0.717, 1.165) is 0 Å². The molecule has 1 atom stereocenters. The van der Waals surface area contributed by atoms with Crippen molar-refractivity contribution in [1.82, 2.24) is 10.2 Å². The molecule has 29 heavy (non-hydrogen) atoms. The zero-order valence-electron chi connectivity index (χ0n) is 15.9. The SMILES string of the molecule is CCOC(=O)C1=C(COc2ccccc2Cl)N(C)C(=O)N[C@H]1c1ccccc1F. The van der Waals surface area contributed by atoms with Crippen molar-refractivity contribution in [2.45, 2.75) is 13.0 Å². The van der Waals surface area contributed by atoms with E-state index in [1.165, 1.54) is 30.1 Å². The van der Waals surface area contributed by atoms with E-state index in [2.05, 4.69) is 5.32 Å². The number of amides is 2. The largest absolute Gasteiger partial charge is 0.486 e. The summed E-state index contributed by atoms with van der Waals surface area (Å²) in [7, 11) is 1.50. The second-order valence-electron chi connectivity index (χ2n) is 6.26. The molecule has 0 spiro atoms. The third kappa shape index (κ3) is 4.35. The average molecular weight is 419 g/mol. The molecule has 0 unspecified atom stereocenters. The lowest BCUT2D eigenvalue weighted by Crippen LogP contribution is -2.48. The lowest BCUT2D eigenvalue weighted by atomic mass is 9.94. The van der Waals surface area contributed by atoms with Crippen LogP contribution in [0.25, 0.3) is 0 Å². The van der Waals surface area contributed by atoms with Crippen LogP contribution in [0, 0.1) is 5.82 Å². The number of nitrogens with one attached hydrogen (secondary N) is 1. The number of halogens is 2. The van der Waals surface area contributed by atoms with Crippen molar-refractivity contribution in [3.8, 4) is 5.75 Å². The van der Waals surface area contributed by atoms with Gasteiger partial charge in [-0.3, -0.25) is 4.90 Å². The van der Waals surface area contributed by atoms with Crippen LogP contribution >= 0.6 is 11.6 Å². The van der Waals surface area contributed by atoms with Gasteiger partial charge in [0, 0.05) is 12.6 Å². The van der Waals surface area contributed by atoms with Gasteiger partial charge in [0.1, 0.15) is 18.2 Å². The van der Waals surface area contributed by atoms with Crippen LogP contribution in [0.1, 0.15) is 18.5 Å². The molecule has 0 aromatic heterocycles. The Kier molecular flexibility index (Phi) is 6.39. The average Bonchev–Trinajstić information content (AvgIpc) is 2.70. The van der Waals surface area contributed by atoms with Gasteiger partial charge < -0.3 is 14.8 Å². The Morgan fingerprint density at radius 1 is 1.21 bits per heavy atom. The number of carbonyl (C=O) groups excluding carboxylic acids is 2. The molecule has 0 bridgehead atoms. The first kappa shape index (κ1) is 20.7. The van der Waals surface area contributed by atoms with Gasteiger partial charge in [-0.25, -0.2) is 14.0 Å². The van der Waals surface area contributed by atoms with Gasteiger partial charge in [0.2, 0.25) is 0 Å². The van der Waals surface area contributed by atoms with Crippen LogP contribution < -0.4 is 10.1 Å². The first-order chi connectivity index (χ1) is 13.9. The maximum Gasteiger partial charge on any atom is 0.338 e. The van der Waals surface area contributed by atoms with Gasteiger partial charge in [-0.1, -0.05) is 41.9 Å². The molecule has 0 radical (unpaired) electrons. The molecule has 2 aromatic rings. The zero-order chi connectivity index (χ0) is 21.0. The monoisotopic (exact) mass is 418 g/mol. The fraction of sp³-hybridized carbons (Fsp3) is 0.238. The molecule has 2 amide bonds. The summed E-state index contributed by atoms with van der Waals surface area (Å²) in [5, 5.41) is 3.05. The third-order valence-electron chi connectivity index (χ3n) is 4.49. The lowest BCUT2D eigenvalue weighted by Gasteiger charge is -2.34. The first-order valence-corrected chi connectivity index (χ1v) is 9.38. The van der Waals surface area contributed by atoms with Crippen LogP contribution in [-0.4, -0.2) is 37.2 Å². The van der Waals surface area contributed by atoms with E-state index in [-0.39, 0.29) is 30.0 Å². The summed E-state index contributed by atoms with van der Waals surface area (Å²) in [5.41, 5.74) is 0.527. The standard InChI is InChI=1S/C21H20ClFN2O4/c1-3-28-20(26)18-16(12-29-17-11-7-5-9-14(17)22)25(2)21(27)24-19(18)13-8-4-6-10-15(13)23/h4-11,19H,3,12H2,1-2H3,(H,24,27)/t19-/m0/s1. The summed E-state index contributed by atoms with van der Waals surface area (Å²) in [5.74, 6) is -0.812. The van der Waals surface area contributed by atoms with E-state index in [9.17, 15) is 14.0 Å². The second-order valence-corrected chi connectivity index (χ2v) is 6.67. The Morgan fingerprint density at radius 2 is 1.90 bits per heavy atom. The van der Waals surface area contributed by atoms with Gasteiger partial charge >= 0.3 is 12.0 Å². The van der Waals surface area contributed by atoms with E-state index >= 15 is 0 Å². The van der Waals surface area contributed by atoms with Crippen molar-refractivity contribution in [3.63, 3.8) is 0 Å². The quantitative estimate of drug-likeness (QED) is 0.718. The van der Waals surface area contributed by atoms with Crippen LogP contribution in [0.3, 0.4) is 0 Å². The molecule has 3 rings (SSSR count). The molecule has 0 saturated heterocycles. The van der Waals surface area contributed by atoms with Crippen molar-refractivity contribution in [1.29, 1.82) is 0 Å². The number of carbonyl (C=O) groups is 2. The van der Waals surface area contributed by atoms with Gasteiger partial charge in [-0.05, 0) is 25.1 Å². The van der Waals surface area contributed by atoms with Crippen molar-refractivity contribution >= 4 is 23.6 Å². The lowest BCUT2D eigenvalue weighted by molar-refractivity contribution is -0.139. The molecule has 0 fully saturated rings. The number of hydrogen-bond donors (Lipinski definition) is 1. The molecule has 152 valence electrons. The molecule has 2 aromatic carbocycles. The number of hydrogen-bond acceptors (Lipinski definition) is 4. The second kappa shape index (κ2) is 8.96. The molecular formula is C21H20ClFN2O4. The molecule has 1 aliphatic heterocycles. The normalized spacial score (nSPS) is 16.5. The Balaban J connectivity index is 2.07. The molecule has 1 N–H and O–H groups in total. The van der Waals surface area contributed by atoms with E-state index in [1.807, 2.05) is 0 Å². The summed E-state index contributed by atoms with van der Waals surface area (Å²) in [4.78, 5) is 26.6. The molecule has 1 aliphatic rings. The summed E-state index contributed by atoms with van der Waals surface area (Å²) in [6, 6.07) is 11.3. The topological polar surface area (TPSA) is 67.9 Å². The first-order valence-electron chi connectivity index (χ1n) is 9.00. The Hall–Kier alpha value is -3.06. The van der Waals surface area contributed by atoms with Crippen molar-refractivity contribution in [2.75, 3.05) is 20.3 Å². The summed E-state index contributed by atoms with van der Waals surface area (Å²) >= 11 is 6.13. The fourth-order valence-electron chi connectivity index (χ4n) is 3.03. The number of nitrogens with zero attached hydrogens (tertiary/aromatic N) is 1. The molecule has 8 heteroatoms. The van der Waals surface area contributed by atoms with Crippen molar-refractivity contribution in [3.05, 3.63) is 76.2 Å². The number of benzene rings is 2. The highest BCUT2D eigenvalue weighted by atomic mass is 35.5. The Morgan fingerprint density at radius 3 is 2.59 bits per heavy atom. The van der Waals surface area contributed by atoms with Crippen LogP contribution in [0.2, 0.25) is 5.02 Å².